The van der Waals surface area contributed by atoms with Crippen molar-refractivity contribution in [2.45, 2.75) is 15.2 Å². The van der Waals surface area contributed by atoms with Gasteiger partial charge < -0.3 is 9.47 Å². The van der Waals surface area contributed by atoms with Gasteiger partial charge in [-0.3, -0.25) is 0 Å². The van der Waals surface area contributed by atoms with Crippen LogP contribution in [0.25, 0.3) is 0 Å². The van der Waals surface area contributed by atoms with Crippen LogP contribution in [-0.2, 0) is 3.79 Å². The molecule has 0 aromatic heterocycles. The SMILES string of the molecule is FC1(F)Oc2cc(C(Cl)(Cl)Cl)ccc2OC1(F)Cl. The molecule has 1 aliphatic heterocycles. The maximum Gasteiger partial charge on any atom is 0.488 e. The van der Waals surface area contributed by atoms with Gasteiger partial charge in [-0.25, -0.2) is 0 Å². The number of fused-ring (bicyclic) bond motifs is 1. The van der Waals surface area contributed by atoms with Gasteiger partial charge in [-0.05, 0) is 23.7 Å². The zero-order chi connectivity index (χ0) is 13.8. The van der Waals surface area contributed by atoms with Gasteiger partial charge in [-0.1, -0.05) is 40.9 Å². The molecule has 1 aromatic rings. The van der Waals surface area contributed by atoms with Gasteiger partial charge in [0.15, 0.2) is 11.5 Å². The highest BCUT2D eigenvalue weighted by molar-refractivity contribution is 6.66. The summed E-state index contributed by atoms with van der Waals surface area (Å²) < 4.78 is 46.1. The first-order valence-corrected chi connectivity index (χ1v) is 5.89. The van der Waals surface area contributed by atoms with E-state index in [1.165, 1.54) is 6.07 Å². The molecule has 0 saturated heterocycles. The van der Waals surface area contributed by atoms with Gasteiger partial charge in [0, 0.05) is 5.56 Å². The predicted octanol–water partition coefficient (Wildman–Crippen LogP) is 4.74. The topological polar surface area (TPSA) is 18.5 Å². The summed E-state index contributed by atoms with van der Waals surface area (Å²) in [5, 5.41) is -3.79. The summed E-state index contributed by atoms with van der Waals surface area (Å²) in [5.74, 6) is -0.797. The smallest absolute Gasteiger partial charge is 0.434 e. The van der Waals surface area contributed by atoms with E-state index in [4.69, 9.17) is 46.4 Å². The molecule has 2 rings (SSSR count). The lowest BCUT2D eigenvalue weighted by atomic mass is 10.2. The van der Waals surface area contributed by atoms with Crippen LogP contribution in [0.3, 0.4) is 0 Å². The van der Waals surface area contributed by atoms with Gasteiger partial charge in [0.1, 0.15) is 0 Å². The number of ether oxygens (including phenoxy) is 2. The quantitative estimate of drug-likeness (QED) is 0.634. The molecule has 0 spiro atoms. The van der Waals surface area contributed by atoms with Gasteiger partial charge in [-0.2, -0.15) is 13.2 Å². The molecule has 0 saturated carbocycles. The first-order valence-electron chi connectivity index (χ1n) is 4.38. The molecule has 0 N–H and O–H groups in total. The summed E-state index contributed by atoms with van der Waals surface area (Å²) in [6.07, 6.45) is -4.37. The van der Waals surface area contributed by atoms with Crippen molar-refractivity contribution in [3.63, 3.8) is 0 Å². The van der Waals surface area contributed by atoms with Crippen LogP contribution in [0.15, 0.2) is 18.2 Å². The highest BCUT2D eigenvalue weighted by Crippen LogP contribution is 2.50. The fourth-order valence-corrected chi connectivity index (χ4v) is 1.72. The average Bonchev–Trinajstić information content (AvgIpc) is 2.16. The number of alkyl halides is 7. The number of rotatable bonds is 0. The Labute approximate surface area is 119 Å². The summed E-state index contributed by atoms with van der Waals surface area (Å²) in [6.45, 7) is 0. The molecule has 1 unspecified atom stereocenters. The number of halogens is 7. The van der Waals surface area contributed by atoms with Crippen LogP contribution >= 0.6 is 46.4 Å². The van der Waals surface area contributed by atoms with Crippen LogP contribution in [0, 0.1) is 0 Å². The number of hydrogen-bond donors (Lipinski definition) is 0. The van der Waals surface area contributed by atoms with E-state index in [0.29, 0.717) is 0 Å². The highest BCUT2D eigenvalue weighted by Gasteiger charge is 2.63. The molecule has 0 fully saturated rings. The van der Waals surface area contributed by atoms with E-state index in [9.17, 15) is 13.2 Å². The van der Waals surface area contributed by atoms with Crippen molar-refractivity contribution in [1.82, 2.24) is 0 Å². The van der Waals surface area contributed by atoms with E-state index >= 15 is 0 Å². The molecular formula is C9H3Cl4F3O2. The van der Waals surface area contributed by atoms with Gasteiger partial charge in [0.05, 0.1) is 0 Å². The van der Waals surface area contributed by atoms with E-state index < -0.39 is 21.0 Å². The second kappa shape index (κ2) is 4.13. The molecule has 1 heterocycles. The molecule has 100 valence electrons. The summed E-state index contributed by atoms with van der Waals surface area (Å²) in [6, 6.07) is 3.37. The van der Waals surface area contributed by atoms with Crippen molar-refractivity contribution in [3.05, 3.63) is 23.8 Å². The van der Waals surface area contributed by atoms with Gasteiger partial charge in [-0.15, -0.1) is 0 Å². The minimum absolute atomic E-state index is 0.0616. The summed E-state index contributed by atoms with van der Waals surface area (Å²) in [4.78, 5) is 0. The van der Waals surface area contributed by atoms with E-state index in [0.717, 1.165) is 12.1 Å². The van der Waals surface area contributed by atoms with Crippen molar-refractivity contribution in [3.8, 4) is 11.5 Å². The minimum atomic E-state index is -4.37. The van der Waals surface area contributed by atoms with Crippen LogP contribution < -0.4 is 9.47 Å². The average molecular weight is 342 g/mol. The van der Waals surface area contributed by atoms with Gasteiger partial charge in [0.2, 0.25) is 3.79 Å². The van der Waals surface area contributed by atoms with Crippen molar-refractivity contribution in [2.24, 2.45) is 0 Å². The number of benzene rings is 1. The van der Waals surface area contributed by atoms with E-state index in [-0.39, 0.29) is 11.3 Å². The fraction of sp³-hybridized carbons (Fsp3) is 0.333. The van der Waals surface area contributed by atoms with Crippen LogP contribution in [0.1, 0.15) is 5.56 Å². The van der Waals surface area contributed by atoms with Crippen molar-refractivity contribution < 1.29 is 22.6 Å². The number of hydrogen-bond acceptors (Lipinski definition) is 2. The first-order chi connectivity index (χ1) is 8.03. The third-order valence-electron chi connectivity index (χ3n) is 2.09. The Balaban J connectivity index is 2.46. The zero-order valence-electron chi connectivity index (χ0n) is 8.19. The Morgan fingerprint density at radius 2 is 1.61 bits per heavy atom. The first kappa shape index (κ1) is 14.2. The molecule has 0 aliphatic carbocycles. The largest absolute Gasteiger partial charge is 0.488 e. The van der Waals surface area contributed by atoms with Crippen LogP contribution in [0.4, 0.5) is 13.2 Å². The molecule has 0 bridgehead atoms. The standard InChI is InChI=1S/C9H3Cl4F3O2/c10-7(11,12)4-1-2-5-6(3-4)18-9(15,16)8(13,14)17-5/h1-3H. The van der Waals surface area contributed by atoms with Crippen LogP contribution in [0.2, 0.25) is 0 Å². The Hall–Kier alpha value is -0.230. The highest BCUT2D eigenvalue weighted by atomic mass is 35.6. The van der Waals surface area contributed by atoms with Crippen LogP contribution in [0.5, 0.6) is 11.5 Å². The normalized spacial score (nSPS) is 25.9. The van der Waals surface area contributed by atoms with E-state index in [1.807, 2.05) is 0 Å². The Bertz CT molecular complexity index is 487. The zero-order valence-corrected chi connectivity index (χ0v) is 11.2. The Morgan fingerprint density at radius 3 is 2.17 bits per heavy atom. The van der Waals surface area contributed by atoms with Gasteiger partial charge >= 0.3 is 11.4 Å². The van der Waals surface area contributed by atoms with Crippen molar-refractivity contribution in [1.29, 1.82) is 0 Å². The molecule has 1 atom stereocenters. The van der Waals surface area contributed by atoms with Gasteiger partial charge in [0.25, 0.3) is 0 Å². The lowest BCUT2D eigenvalue weighted by molar-refractivity contribution is -0.303. The predicted molar refractivity (Wildman–Crippen MR) is 61.6 cm³/mol. The monoisotopic (exact) mass is 340 g/mol. The summed E-state index contributed by atoms with van der Waals surface area (Å²) in [7, 11) is 0. The molecule has 9 heteroatoms. The second-order valence-electron chi connectivity index (χ2n) is 3.40. The molecule has 1 aromatic carbocycles. The summed E-state index contributed by atoms with van der Waals surface area (Å²) >= 11 is 21.6. The maximum atomic E-state index is 13.3. The Morgan fingerprint density at radius 1 is 1.00 bits per heavy atom. The molecule has 1 aliphatic rings. The molecule has 18 heavy (non-hydrogen) atoms. The molecular weight excluding hydrogens is 339 g/mol. The molecule has 2 nitrogen and oxygen atoms in total. The third-order valence-corrected chi connectivity index (χ3v) is 3.04. The fourth-order valence-electron chi connectivity index (χ4n) is 1.24. The minimum Gasteiger partial charge on any atom is -0.434 e. The third kappa shape index (κ3) is 2.41. The van der Waals surface area contributed by atoms with E-state index in [1.54, 1.807) is 0 Å². The maximum absolute atomic E-state index is 13.3. The lowest BCUT2D eigenvalue weighted by Gasteiger charge is -2.33. The van der Waals surface area contributed by atoms with Crippen LogP contribution in [-0.4, -0.2) is 11.4 Å². The van der Waals surface area contributed by atoms with E-state index in [2.05, 4.69) is 9.47 Å². The molecule has 0 amide bonds. The second-order valence-corrected chi connectivity index (χ2v) is 6.16. The van der Waals surface area contributed by atoms with Crippen molar-refractivity contribution in [2.75, 3.05) is 0 Å². The molecule has 0 radical (unpaired) electrons. The lowest BCUT2D eigenvalue weighted by Crippen LogP contribution is -2.51. The summed E-state index contributed by atoms with van der Waals surface area (Å²) in [5.41, 5.74) is 0.0616. The Kier molecular flexibility index (Phi) is 3.26. The van der Waals surface area contributed by atoms with Crippen molar-refractivity contribution >= 4 is 46.4 Å².